The van der Waals surface area contributed by atoms with Crippen LogP contribution in [0.3, 0.4) is 0 Å². The minimum absolute atomic E-state index is 0.215. The molecule has 8 heteroatoms. The first-order chi connectivity index (χ1) is 11.9. The number of aromatic nitrogens is 1. The summed E-state index contributed by atoms with van der Waals surface area (Å²) in [5.74, 6) is -1.06. The molecule has 2 saturated heterocycles. The van der Waals surface area contributed by atoms with Crippen molar-refractivity contribution in [2.24, 2.45) is 5.41 Å². The number of carbonyl (C=O) groups is 2. The molecular formula is C17H24N2O5S. The van der Waals surface area contributed by atoms with Crippen LogP contribution in [0.5, 0.6) is 0 Å². The topological polar surface area (TPSA) is 101 Å². The largest absolute Gasteiger partial charge is 0.459 e. The number of ether oxygens (including phenoxy) is 3. The number of esters is 2. The fourth-order valence-corrected chi connectivity index (χ4v) is 4.20. The minimum Gasteiger partial charge on any atom is -0.459 e. The van der Waals surface area contributed by atoms with E-state index in [1.165, 1.54) is 11.3 Å². The molecule has 0 bridgehead atoms. The smallest absolute Gasteiger partial charge is 0.324 e. The number of nitrogens with zero attached hydrogens (tertiary/aromatic N) is 1. The van der Waals surface area contributed by atoms with Crippen molar-refractivity contribution in [2.75, 3.05) is 18.9 Å². The van der Waals surface area contributed by atoms with Crippen molar-refractivity contribution >= 4 is 28.4 Å². The summed E-state index contributed by atoms with van der Waals surface area (Å²) in [6.07, 6.45) is 3.30. The number of hydrogen-bond donors (Lipinski definition) is 1. The number of nitrogen functional groups attached to an aromatic ring is 1. The van der Waals surface area contributed by atoms with Gasteiger partial charge in [0.05, 0.1) is 12.3 Å². The lowest BCUT2D eigenvalue weighted by Crippen LogP contribution is -2.32. The van der Waals surface area contributed by atoms with Gasteiger partial charge in [-0.1, -0.05) is 19.8 Å². The summed E-state index contributed by atoms with van der Waals surface area (Å²) in [4.78, 5) is 29.2. The number of nitrogens with two attached hydrogens (primary N) is 1. The van der Waals surface area contributed by atoms with Gasteiger partial charge in [0, 0.05) is 24.8 Å². The molecule has 0 radical (unpaired) electrons. The third-order valence-electron chi connectivity index (χ3n) is 4.85. The predicted octanol–water partition coefficient (Wildman–Crippen LogP) is 2.40. The van der Waals surface area contributed by atoms with E-state index in [9.17, 15) is 9.59 Å². The van der Waals surface area contributed by atoms with Gasteiger partial charge in [-0.2, -0.15) is 0 Å². The molecule has 2 N–H and O–H groups in total. The van der Waals surface area contributed by atoms with Crippen LogP contribution in [0.4, 0.5) is 5.13 Å². The summed E-state index contributed by atoms with van der Waals surface area (Å²) in [6.45, 7) is 4.83. The molecule has 0 amide bonds. The number of unbranched alkanes of at least 4 members (excludes halogenated alkanes) is 2. The molecule has 1 spiro atoms. The molecule has 0 unspecified atom stereocenters. The van der Waals surface area contributed by atoms with Crippen molar-refractivity contribution in [3.05, 3.63) is 11.1 Å². The number of carbonyl (C=O) groups excluding carboxylic acids is 2. The van der Waals surface area contributed by atoms with Gasteiger partial charge in [-0.15, -0.1) is 11.3 Å². The number of cyclic esters (lactones) is 2. The lowest BCUT2D eigenvalue weighted by atomic mass is 9.78. The molecule has 0 aromatic carbocycles. The van der Waals surface area contributed by atoms with E-state index >= 15 is 0 Å². The lowest BCUT2D eigenvalue weighted by Gasteiger charge is -2.20. The van der Waals surface area contributed by atoms with Gasteiger partial charge in [0.2, 0.25) is 0 Å². The Bertz CT molecular complexity index is 663. The SMILES string of the molecule is CCCCCOC[C@@H]1C[C@@]2(C[C@](C)(c3csc(N)n3)OC2=O)C(=O)O1. The maximum atomic E-state index is 12.5. The van der Waals surface area contributed by atoms with Crippen LogP contribution < -0.4 is 5.73 Å². The van der Waals surface area contributed by atoms with E-state index in [1.54, 1.807) is 12.3 Å². The van der Waals surface area contributed by atoms with Gasteiger partial charge in [0.25, 0.3) is 0 Å². The predicted molar refractivity (Wildman–Crippen MR) is 91.9 cm³/mol. The van der Waals surface area contributed by atoms with E-state index < -0.39 is 29.1 Å². The van der Waals surface area contributed by atoms with Gasteiger partial charge in [-0.3, -0.25) is 9.59 Å². The maximum Gasteiger partial charge on any atom is 0.324 e. The van der Waals surface area contributed by atoms with Crippen molar-refractivity contribution in [1.29, 1.82) is 0 Å². The highest BCUT2D eigenvalue weighted by molar-refractivity contribution is 7.13. The zero-order chi connectivity index (χ0) is 18.1. The molecule has 25 heavy (non-hydrogen) atoms. The molecule has 3 rings (SSSR count). The highest BCUT2D eigenvalue weighted by atomic mass is 32.1. The number of rotatable bonds is 7. The average Bonchev–Trinajstić information content (AvgIpc) is 3.19. The first kappa shape index (κ1) is 18.1. The highest BCUT2D eigenvalue weighted by Crippen LogP contribution is 2.52. The second kappa shape index (κ2) is 6.92. The van der Waals surface area contributed by atoms with Crippen molar-refractivity contribution in [3.8, 4) is 0 Å². The second-order valence-electron chi connectivity index (χ2n) is 6.96. The molecular weight excluding hydrogens is 344 g/mol. The van der Waals surface area contributed by atoms with E-state index in [1.807, 2.05) is 0 Å². The van der Waals surface area contributed by atoms with Crippen LogP contribution in [-0.4, -0.2) is 36.2 Å². The molecule has 2 aliphatic heterocycles. The van der Waals surface area contributed by atoms with Gasteiger partial charge in [0.1, 0.15) is 6.10 Å². The maximum absolute atomic E-state index is 12.5. The summed E-state index contributed by atoms with van der Waals surface area (Å²) >= 11 is 1.28. The van der Waals surface area contributed by atoms with Gasteiger partial charge in [0.15, 0.2) is 16.1 Å². The molecule has 138 valence electrons. The van der Waals surface area contributed by atoms with Crippen molar-refractivity contribution in [1.82, 2.24) is 4.98 Å². The summed E-state index contributed by atoms with van der Waals surface area (Å²) in [6, 6.07) is 0. The first-order valence-electron chi connectivity index (χ1n) is 8.63. The van der Waals surface area contributed by atoms with Crippen molar-refractivity contribution in [3.63, 3.8) is 0 Å². The van der Waals surface area contributed by atoms with E-state index in [0.29, 0.717) is 24.0 Å². The Balaban J connectivity index is 1.65. The van der Waals surface area contributed by atoms with Crippen LogP contribution in [-0.2, 0) is 29.4 Å². The zero-order valence-corrected chi connectivity index (χ0v) is 15.4. The highest BCUT2D eigenvalue weighted by Gasteiger charge is 2.65. The number of thiazole rings is 1. The Labute approximate surface area is 150 Å². The second-order valence-corrected chi connectivity index (χ2v) is 7.85. The van der Waals surface area contributed by atoms with Crippen molar-refractivity contribution in [2.45, 2.75) is 57.7 Å². The minimum atomic E-state index is -1.26. The Morgan fingerprint density at radius 1 is 1.40 bits per heavy atom. The van der Waals surface area contributed by atoms with E-state index in [0.717, 1.165) is 19.3 Å². The molecule has 2 fully saturated rings. The summed E-state index contributed by atoms with van der Waals surface area (Å²) in [5.41, 5.74) is 4.04. The van der Waals surface area contributed by atoms with Crippen molar-refractivity contribution < 1.29 is 23.8 Å². The molecule has 0 aliphatic carbocycles. The van der Waals surface area contributed by atoms with Gasteiger partial charge in [-0.05, 0) is 13.3 Å². The fraction of sp³-hybridized carbons (Fsp3) is 0.706. The summed E-state index contributed by atoms with van der Waals surface area (Å²) in [5, 5.41) is 2.16. The monoisotopic (exact) mass is 368 g/mol. The fourth-order valence-electron chi connectivity index (χ4n) is 3.51. The van der Waals surface area contributed by atoms with Gasteiger partial charge in [-0.25, -0.2) is 4.98 Å². The third-order valence-corrected chi connectivity index (χ3v) is 5.52. The van der Waals surface area contributed by atoms with Crippen LogP contribution in [0.15, 0.2) is 5.38 Å². The molecule has 1 aromatic rings. The van der Waals surface area contributed by atoms with Gasteiger partial charge >= 0.3 is 11.9 Å². The lowest BCUT2D eigenvalue weighted by molar-refractivity contribution is -0.160. The normalized spacial score (nSPS) is 31.5. The molecule has 1 aromatic heterocycles. The Morgan fingerprint density at radius 2 is 2.20 bits per heavy atom. The first-order valence-corrected chi connectivity index (χ1v) is 9.51. The standard InChI is InChI=1S/C17H24N2O5S/c1-3-4-5-6-22-8-11-7-17(13(20)23-11)10-16(2,24-14(17)21)12-9-25-15(18)19-12/h9,11H,3-8,10H2,1-2H3,(H2,18,19)/t11-,16+,17+/m0/s1. The van der Waals surface area contributed by atoms with Gasteiger partial charge < -0.3 is 19.9 Å². The summed E-state index contributed by atoms with van der Waals surface area (Å²) < 4.78 is 16.6. The third kappa shape index (κ3) is 3.37. The molecule has 3 atom stereocenters. The zero-order valence-electron chi connectivity index (χ0n) is 14.6. The average molecular weight is 368 g/mol. The van der Waals surface area contributed by atoms with Crippen LogP contribution >= 0.6 is 11.3 Å². The Morgan fingerprint density at radius 3 is 2.88 bits per heavy atom. The molecule has 7 nitrogen and oxygen atoms in total. The molecule has 0 saturated carbocycles. The number of anilines is 1. The summed E-state index contributed by atoms with van der Waals surface area (Å²) in [7, 11) is 0. The van der Waals surface area contributed by atoms with Crippen LogP contribution in [0.25, 0.3) is 0 Å². The quantitative estimate of drug-likeness (QED) is 0.448. The van der Waals surface area contributed by atoms with E-state index in [2.05, 4.69) is 11.9 Å². The van der Waals surface area contributed by atoms with E-state index in [-0.39, 0.29) is 12.8 Å². The molecule has 2 aliphatic rings. The Hall–Kier alpha value is -1.67. The van der Waals surface area contributed by atoms with Crippen LogP contribution in [0.2, 0.25) is 0 Å². The Kier molecular flexibility index (Phi) is 5.02. The van der Waals surface area contributed by atoms with Crippen LogP contribution in [0.1, 0.15) is 51.6 Å². The van der Waals surface area contributed by atoms with Crippen LogP contribution in [0, 0.1) is 5.41 Å². The number of hydrogen-bond acceptors (Lipinski definition) is 8. The van der Waals surface area contributed by atoms with E-state index in [4.69, 9.17) is 19.9 Å². The molecule has 3 heterocycles.